The number of rotatable bonds is 3. The monoisotopic (exact) mass is 267 g/mol. The average Bonchev–Trinajstić information content (AvgIpc) is 2.91. The van der Waals surface area contributed by atoms with Gasteiger partial charge < -0.3 is 24.8 Å². The molecular formula is C11H17N5O3. The van der Waals surface area contributed by atoms with E-state index in [4.69, 9.17) is 9.26 Å². The SMILES string of the molecule is O=C1NCCNC1Cc1nc(N2CCOCC2)no1. The van der Waals surface area contributed by atoms with Crippen LogP contribution in [0, 0.1) is 0 Å². The van der Waals surface area contributed by atoms with Gasteiger partial charge in [0, 0.05) is 26.2 Å². The maximum absolute atomic E-state index is 11.6. The van der Waals surface area contributed by atoms with Crippen LogP contribution in [0.2, 0.25) is 0 Å². The molecule has 1 amide bonds. The summed E-state index contributed by atoms with van der Waals surface area (Å²) in [5.41, 5.74) is 0. The number of nitrogens with one attached hydrogen (secondary N) is 2. The number of amides is 1. The van der Waals surface area contributed by atoms with E-state index in [1.807, 2.05) is 4.90 Å². The number of carbonyl (C=O) groups excluding carboxylic acids is 1. The van der Waals surface area contributed by atoms with E-state index in [2.05, 4.69) is 20.8 Å². The molecule has 1 aromatic rings. The van der Waals surface area contributed by atoms with Gasteiger partial charge in [-0.05, 0) is 5.16 Å². The molecule has 1 aromatic heterocycles. The first kappa shape index (κ1) is 12.4. The molecule has 2 saturated heterocycles. The van der Waals surface area contributed by atoms with Crippen LogP contribution in [0.15, 0.2) is 4.52 Å². The van der Waals surface area contributed by atoms with Crippen molar-refractivity contribution in [2.45, 2.75) is 12.5 Å². The Hall–Kier alpha value is -1.67. The Morgan fingerprint density at radius 1 is 1.32 bits per heavy atom. The van der Waals surface area contributed by atoms with Crippen LogP contribution in [0.5, 0.6) is 0 Å². The van der Waals surface area contributed by atoms with E-state index >= 15 is 0 Å². The Labute approximate surface area is 110 Å². The van der Waals surface area contributed by atoms with E-state index < -0.39 is 0 Å². The molecule has 0 saturated carbocycles. The van der Waals surface area contributed by atoms with Crippen molar-refractivity contribution in [3.8, 4) is 0 Å². The molecule has 2 aliphatic heterocycles. The molecule has 1 unspecified atom stereocenters. The predicted molar refractivity (Wildman–Crippen MR) is 65.8 cm³/mol. The van der Waals surface area contributed by atoms with Crippen molar-refractivity contribution in [3.63, 3.8) is 0 Å². The molecule has 8 nitrogen and oxygen atoms in total. The summed E-state index contributed by atoms with van der Waals surface area (Å²) in [6.45, 7) is 4.31. The molecule has 8 heteroatoms. The largest absolute Gasteiger partial charge is 0.378 e. The number of carbonyl (C=O) groups is 1. The zero-order chi connectivity index (χ0) is 13.1. The Morgan fingerprint density at radius 3 is 2.95 bits per heavy atom. The van der Waals surface area contributed by atoms with Gasteiger partial charge in [-0.1, -0.05) is 0 Å². The van der Waals surface area contributed by atoms with Crippen molar-refractivity contribution >= 4 is 11.9 Å². The molecule has 3 rings (SSSR count). The lowest BCUT2D eigenvalue weighted by molar-refractivity contribution is -0.124. The Morgan fingerprint density at radius 2 is 2.16 bits per heavy atom. The lowest BCUT2D eigenvalue weighted by Gasteiger charge is -2.24. The van der Waals surface area contributed by atoms with Crippen LogP contribution in [0.25, 0.3) is 0 Å². The van der Waals surface area contributed by atoms with Gasteiger partial charge in [-0.15, -0.1) is 0 Å². The third-order valence-electron chi connectivity index (χ3n) is 3.26. The summed E-state index contributed by atoms with van der Waals surface area (Å²) in [4.78, 5) is 18.0. The van der Waals surface area contributed by atoms with Crippen molar-refractivity contribution in [1.82, 2.24) is 20.8 Å². The maximum atomic E-state index is 11.6. The Kier molecular flexibility index (Phi) is 3.60. The highest BCUT2D eigenvalue weighted by atomic mass is 16.5. The van der Waals surface area contributed by atoms with Gasteiger partial charge in [-0.2, -0.15) is 4.98 Å². The number of piperazine rings is 1. The number of morpholine rings is 1. The molecule has 19 heavy (non-hydrogen) atoms. The van der Waals surface area contributed by atoms with Gasteiger partial charge in [-0.25, -0.2) is 0 Å². The van der Waals surface area contributed by atoms with Crippen LogP contribution < -0.4 is 15.5 Å². The molecule has 0 bridgehead atoms. The third kappa shape index (κ3) is 2.85. The fourth-order valence-electron chi connectivity index (χ4n) is 2.21. The molecular weight excluding hydrogens is 250 g/mol. The van der Waals surface area contributed by atoms with Crippen LogP contribution in [-0.4, -0.2) is 61.5 Å². The highest BCUT2D eigenvalue weighted by Crippen LogP contribution is 2.12. The zero-order valence-electron chi connectivity index (χ0n) is 10.6. The van der Waals surface area contributed by atoms with Crippen molar-refractivity contribution in [3.05, 3.63) is 5.89 Å². The smallest absolute Gasteiger partial charge is 0.266 e. The van der Waals surface area contributed by atoms with Crippen LogP contribution in [0.1, 0.15) is 5.89 Å². The number of nitrogens with zero attached hydrogens (tertiary/aromatic N) is 3. The van der Waals surface area contributed by atoms with E-state index in [0.29, 0.717) is 38.0 Å². The van der Waals surface area contributed by atoms with E-state index in [-0.39, 0.29) is 11.9 Å². The Balaban J connectivity index is 1.62. The second-order valence-corrected chi connectivity index (χ2v) is 4.59. The molecule has 3 heterocycles. The number of hydrogen-bond donors (Lipinski definition) is 2. The van der Waals surface area contributed by atoms with Crippen LogP contribution >= 0.6 is 0 Å². The highest BCUT2D eigenvalue weighted by molar-refractivity contribution is 5.82. The molecule has 2 aliphatic rings. The minimum atomic E-state index is -0.285. The van der Waals surface area contributed by atoms with Gasteiger partial charge in [-0.3, -0.25) is 4.79 Å². The predicted octanol–water partition coefficient (Wildman–Crippen LogP) is -1.46. The first-order chi connectivity index (χ1) is 9.33. The quantitative estimate of drug-likeness (QED) is 0.691. The summed E-state index contributed by atoms with van der Waals surface area (Å²) in [7, 11) is 0. The third-order valence-corrected chi connectivity index (χ3v) is 3.26. The highest BCUT2D eigenvalue weighted by Gasteiger charge is 2.25. The maximum Gasteiger partial charge on any atom is 0.266 e. The number of anilines is 1. The molecule has 0 aromatic carbocycles. The topological polar surface area (TPSA) is 92.5 Å². The molecule has 2 fully saturated rings. The molecule has 2 N–H and O–H groups in total. The number of ether oxygens (including phenoxy) is 1. The van der Waals surface area contributed by atoms with E-state index in [1.165, 1.54) is 0 Å². The van der Waals surface area contributed by atoms with Crippen molar-refractivity contribution in [2.75, 3.05) is 44.3 Å². The normalized spacial score (nSPS) is 24.3. The summed E-state index contributed by atoms with van der Waals surface area (Å²) in [6, 6.07) is -0.285. The van der Waals surface area contributed by atoms with Crippen molar-refractivity contribution in [2.24, 2.45) is 0 Å². The van der Waals surface area contributed by atoms with Gasteiger partial charge >= 0.3 is 0 Å². The average molecular weight is 267 g/mol. The van der Waals surface area contributed by atoms with Crippen molar-refractivity contribution < 1.29 is 14.1 Å². The summed E-state index contributed by atoms with van der Waals surface area (Å²) in [5.74, 6) is 1.04. The van der Waals surface area contributed by atoms with Crippen molar-refractivity contribution in [1.29, 1.82) is 0 Å². The summed E-state index contributed by atoms with van der Waals surface area (Å²) >= 11 is 0. The van der Waals surface area contributed by atoms with Gasteiger partial charge in [0.05, 0.1) is 25.7 Å². The first-order valence-electron chi connectivity index (χ1n) is 6.49. The summed E-state index contributed by atoms with van der Waals surface area (Å²) in [5, 5.41) is 9.89. The van der Waals surface area contributed by atoms with Gasteiger partial charge in [0.15, 0.2) is 0 Å². The Bertz CT molecular complexity index is 443. The van der Waals surface area contributed by atoms with E-state index in [9.17, 15) is 4.79 Å². The second-order valence-electron chi connectivity index (χ2n) is 4.59. The first-order valence-corrected chi connectivity index (χ1v) is 6.49. The fraction of sp³-hybridized carbons (Fsp3) is 0.727. The molecule has 0 spiro atoms. The van der Waals surface area contributed by atoms with Gasteiger partial charge in [0.1, 0.15) is 0 Å². The lowest BCUT2D eigenvalue weighted by atomic mass is 10.1. The van der Waals surface area contributed by atoms with E-state index in [0.717, 1.165) is 19.6 Å². The fourth-order valence-corrected chi connectivity index (χ4v) is 2.21. The zero-order valence-corrected chi connectivity index (χ0v) is 10.6. The number of aromatic nitrogens is 2. The minimum absolute atomic E-state index is 0.0163. The summed E-state index contributed by atoms with van der Waals surface area (Å²) in [6.07, 6.45) is 0.420. The molecule has 104 valence electrons. The van der Waals surface area contributed by atoms with Gasteiger partial charge in [0.2, 0.25) is 11.8 Å². The standard InChI is InChI=1S/C11H17N5O3/c17-10-8(12-1-2-13-10)7-9-14-11(15-19-9)16-3-5-18-6-4-16/h8,12H,1-7H2,(H,13,17). The molecule has 1 atom stereocenters. The summed E-state index contributed by atoms with van der Waals surface area (Å²) < 4.78 is 10.5. The second kappa shape index (κ2) is 5.54. The van der Waals surface area contributed by atoms with Crippen LogP contribution in [-0.2, 0) is 16.0 Å². The van der Waals surface area contributed by atoms with Gasteiger partial charge in [0.25, 0.3) is 5.95 Å². The minimum Gasteiger partial charge on any atom is -0.378 e. The molecule has 0 radical (unpaired) electrons. The van der Waals surface area contributed by atoms with E-state index in [1.54, 1.807) is 0 Å². The lowest BCUT2D eigenvalue weighted by Crippen LogP contribution is -2.53. The number of hydrogen-bond acceptors (Lipinski definition) is 7. The van der Waals surface area contributed by atoms with Crippen LogP contribution in [0.3, 0.4) is 0 Å². The van der Waals surface area contributed by atoms with Crippen LogP contribution in [0.4, 0.5) is 5.95 Å². The molecule has 0 aliphatic carbocycles.